The first-order chi connectivity index (χ1) is 28.1. The number of hydrogen-bond donors (Lipinski definition) is 4. The summed E-state index contributed by atoms with van der Waals surface area (Å²) in [7, 11) is 5.16. The molecule has 0 bridgehead atoms. The molecular weight excluding hydrogens is 911 g/mol. The zero-order valence-electron chi connectivity index (χ0n) is 32.3. The summed E-state index contributed by atoms with van der Waals surface area (Å²) in [6.45, 7) is 1.24. The van der Waals surface area contributed by atoms with Gasteiger partial charge in [0.05, 0.1) is 48.2 Å². The fraction of sp³-hybridized carbons (Fsp3) is 0.163. The molecule has 12 nitrogen and oxygen atoms in total. The third kappa shape index (κ3) is 9.12. The number of aliphatic hydroxyl groups is 1. The lowest BCUT2D eigenvalue weighted by atomic mass is 9.80. The van der Waals surface area contributed by atoms with Crippen molar-refractivity contribution in [2.24, 2.45) is 26.9 Å². The molecule has 4 aromatic carbocycles. The van der Waals surface area contributed by atoms with Crippen LogP contribution >= 0.6 is 45.8 Å². The average molecular weight is 951 g/mol. The van der Waals surface area contributed by atoms with Crippen molar-refractivity contribution in [1.82, 2.24) is 24.2 Å². The van der Waals surface area contributed by atoms with Gasteiger partial charge in [-0.25, -0.2) is 14.9 Å². The minimum atomic E-state index is -1.01. The Morgan fingerprint density at radius 1 is 0.932 bits per heavy atom. The summed E-state index contributed by atoms with van der Waals surface area (Å²) in [4.78, 5) is 46.4. The maximum absolute atomic E-state index is 14.1. The molecule has 7 rings (SSSR count). The Labute approximate surface area is 362 Å². The number of hydroxylamine groups is 1. The number of aryl methyl sites for hydroxylation is 3. The van der Waals surface area contributed by atoms with E-state index >= 15 is 0 Å². The number of fused-ring (bicyclic) bond motifs is 1. The van der Waals surface area contributed by atoms with Crippen LogP contribution in [-0.2, 0) is 31.5 Å². The van der Waals surface area contributed by atoms with E-state index in [2.05, 4.69) is 15.8 Å². The van der Waals surface area contributed by atoms with Crippen molar-refractivity contribution in [3.05, 3.63) is 178 Å². The van der Waals surface area contributed by atoms with Gasteiger partial charge in [-0.2, -0.15) is 0 Å². The van der Waals surface area contributed by atoms with Gasteiger partial charge < -0.3 is 25.3 Å². The van der Waals surface area contributed by atoms with Crippen molar-refractivity contribution in [1.29, 1.82) is 0 Å². The number of pyridine rings is 2. The highest BCUT2D eigenvalue weighted by Gasteiger charge is 2.35. The van der Waals surface area contributed by atoms with Gasteiger partial charge in [0.1, 0.15) is 17.2 Å². The number of benzene rings is 4. The summed E-state index contributed by atoms with van der Waals surface area (Å²) in [6.07, 6.45) is 3.51. The molecule has 0 saturated heterocycles. The molecule has 1 amide bonds. The lowest BCUT2D eigenvalue weighted by molar-refractivity contribution is 0.0168. The number of carbonyl (C=O) groups is 1. The van der Waals surface area contributed by atoms with E-state index in [1.54, 1.807) is 43.2 Å². The topological polar surface area (TPSA) is 158 Å². The minimum Gasteiger partial charge on any atom is -0.394 e. The molecule has 3 aromatic heterocycles. The van der Waals surface area contributed by atoms with Gasteiger partial charge in [0.2, 0.25) is 0 Å². The van der Waals surface area contributed by atoms with Crippen LogP contribution in [0.1, 0.15) is 32.7 Å². The Hall–Kier alpha value is -5.36. The smallest absolute Gasteiger partial charge is 0.278 e. The van der Waals surface area contributed by atoms with E-state index in [-0.39, 0.29) is 41.4 Å². The molecule has 0 fully saturated rings. The summed E-state index contributed by atoms with van der Waals surface area (Å²) in [5.41, 5.74) is 13.6. The zero-order valence-corrected chi connectivity index (χ0v) is 35.9. The Morgan fingerprint density at radius 3 is 2.32 bits per heavy atom. The predicted octanol–water partition coefficient (Wildman–Crippen LogP) is 7.33. The number of nitrogens with zero attached hydrogens (tertiary/aromatic N) is 4. The third-order valence-electron chi connectivity index (χ3n) is 9.74. The van der Waals surface area contributed by atoms with Crippen LogP contribution in [0.15, 0.2) is 119 Å². The first-order valence-electron chi connectivity index (χ1n) is 18.0. The summed E-state index contributed by atoms with van der Waals surface area (Å²) in [6, 6.07) is 28.6. The van der Waals surface area contributed by atoms with Crippen molar-refractivity contribution < 1.29 is 19.1 Å². The summed E-state index contributed by atoms with van der Waals surface area (Å²) < 4.78 is 19.6. The van der Waals surface area contributed by atoms with Crippen molar-refractivity contribution in [2.75, 3.05) is 18.5 Å². The van der Waals surface area contributed by atoms with Crippen molar-refractivity contribution in [3.8, 4) is 11.1 Å². The van der Waals surface area contributed by atoms with E-state index in [1.807, 2.05) is 101 Å². The fourth-order valence-electron chi connectivity index (χ4n) is 6.67. The predicted molar refractivity (Wildman–Crippen MR) is 238 cm³/mol. The molecule has 0 aliphatic carbocycles. The maximum Gasteiger partial charge on any atom is 0.278 e. The Balaban J connectivity index is 0.000000209. The molecule has 59 heavy (non-hydrogen) atoms. The molecule has 0 aliphatic rings. The number of hydrogen-bond acceptors (Lipinski definition) is 8. The lowest BCUT2D eigenvalue weighted by Gasteiger charge is -2.31. The Morgan fingerprint density at radius 2 is 1.66 bits per heavy atom. The first-order valence-corrected chi connectivity index (χ1v) is 19.8. The average Bonchev–Trinajstić information content (AvgIpc) is 3.66. The second kappa shape index (κ2) is 18.3. The number of halogens is 4. The standard InChI is InChI=1S/C27H22Cl2N4O.C16H17FIN3O4/c1-32-16-31-15-25(32)27(30,18-6-9-20(28)10-7-18)19-8-11-24-23(13-19)22(14-26(34)33(24)2)17-4-3-5-21(29)12-17;1-9-7-11(15(23)20-25-6-5-22)14(21(2)16(9)24)19-13-4-3-10(18)8-12(13)17/h3-16H,30H2,1-2H3;3-4,7-8,19,22H,5-6H2,1-2H3,(H,20,23)/t27-;/m1./s1. The summed E-state index contributed by atoms with van der Waals surface area (Å²) in [5, 5.41) is 13.6. The fourth-order valence-corrected chi connectivity index (χ4v) is 7.44. The second-order valence-electron chi connectivity index (χ2n) is 13.6. The van der Waals surface area contributed by atoms with Crippen molar-refractivity contribution >= 4 is 74.1 Å². The number of aromatic nitrogens is 4. The van der Waals surface area contributed by atoms with E-state index in [1.165, 1.54) is 29.8 Å². The van der Waals surface area contributed by atoms with Crippen LogP contribution in [-0.4, -0.2) is 42.9 Å². The third-order valence-corrected chi connectivity index (χ3v) is 10.9. The van der Waals surface area contributed by atoms with Gasteiger partial charge in [-0.1, -0.05) is 53.5 Å². The van der Waals surface area contributed by atoms with Crippen LogP contribution < -0.4 is 27.6 Å². The first kappa shape index (κ1) is 43.2. The van der Waals surface area contributed by atoms with Gasteiger partial charge in [0.15, 0.2) is 0 Å². The van der Waals surface area contributed by atoms with Gasteiger partial charge in [0, 0.05) is 51.8 Å². The maximum atomic E-state index is 14.1. The van der Waals surface area contributed by atoms with Crippen LogP contribution in [0.2, 0.25) is 10.0 Å². The van der Waals surface area contributed by atoms with E-state index in [0.717, 1.165) is 38.9 Å². The molecule has 0 spiro atoms. The van der Waals surface area contributed by atoms with Gasteiger partial charge in [-0.05, 0) is 112 Å². The highest BCUT2D eigenvalue weighted by Crippen LogP contribution is 2.38. The highest BCUT2D eigenvalue weighted by molar-refractivity contribution is 14.1. The molecule has 7 aromatic rings. The summed E-state index contributed by atoms with van der Waals surface area (Å²) >= 11 is 14.4. The number of nitrogens with one attached hydrogen (secondary N) is 2. The molecule has 0 radical (unpaired) electrons. The van der Waals surface area contributed by atoms with E-state index in [4.69, 9.17) is 38.9 Å². The number of rotatable bonds is 10. The van der Waals surface area contributed by atoms with Gasteiger partial charge in [0.25, 0.3) is 17.0 Å². The molecule has 0 unspecified atom stereocenters. The Kier molecular flexibility index (Phi) is 13.4. The number of amides is 1. The number of anilines is 2. The zero-order chi connectivity index (χ0) is 42.6. The molecule has 16 heteroatoms. The van der Waals surface area contributed by atoms with Crippen LogP contribution in [0.5, 0.6) is 0 Å². The van der Waals surface area contributed by atoms with E-state index < -0.39 is 17.3 Å². The number of imidazole rings is 1. The van der Waals surface area contributed by atoms with Crippen LogP contribution in [0.4, 0.5) is 15.9 Å². The largest absolute Gasteiger partial charge is 0.394 e. The molecular formula is C43H39Cl2FIN7O5. The number of carbonyl (C=O) groups excluding carboxylic acids is 1. The second-order valence-corrected chi connectivity index (χ2v) is 15.7. The molecule has 0 aliphatic heterocycles. The molecule has 0 saturated carbocycles. The van der Waals surface area contributed by atoms with Gasteiger partial charge >= 0.3 is 0 Å². The van der Waals surface area contributed by atoms with Crippen LogP contribution in [0, 0.1) is 16.3 Å². The summed E-state index contributed by atoms with van der Waals surface area (Å²) in [5.74, 6) is -1.01. The van der Waals surface area contributed by atoms with Crippen LogP contribution in [0.3, 0.4) is 0 Å². The normalized spacial score (nSPS) is 12.1. The van der Waals surface area contributed by atoms with E-state index in [0.29, 0.717) is 19.2 Å². The molecule has 1 atom stereocenters. The quantitative estimate of drug-likeness (QED) is 0.0631. The highest BCUT2D eigenvalue weighted by atomic mass is 127. The minimum absolute atomic E-state index is 0.0784. The SMILES string of the molecule is Cc1cc(C(=O)NOCCO)c(Nc2ccc(I)cc2F)n(C)c1=O.Cn1cncc1[C@@](N)(c1ccc(Cl)cc1)c1ccc2c(c1)c(-c1cccc(Cl)c1)cc(=O)n2C. The monoisotopic (exact) mass is 949 g/mol. The molecule has 5 N–H and O–H groups in total. The van der Waals surface area contributed by atoms with Crippen molar-refractivity contribution in [2.45, 2.75) is 12.5 Å². The van der Waals surface area contributed by atoms with Gasteiger partial charge in [-0.15, -0.1) is 0 Å². The van der Waals surface area contributed by atoms with Gasteiger partial charge in [-0.3, -0.25) is 23.8 Å². The van der Waals surface area contributed by atoms with Crippen LogP contribution in [0.25, 0.3) is 22.0 Å². The molecule has 304 valence electrons. The van der Waals surface area contributed by atoms with E-state index in [9.17, 15) is 18.8 Å². The van der Waals surface area contributed by atoms with Crippen molar-refractivity contribution in [3.63, 3.8) is 0 Å². The Bertz CT molecular complexity index is 2810. The number of nitrogens with two attached hydrogens (primary N) is 1. The molecule has 3 heterocycles. The lowest BCUT2D eigenvalue weighted by Crippen LogP contribution is -2.41. The number of aliphatic hydroxyl groups excluding tert-OH is 1.